The molecule has 1 aromatic carbocycles. The predicted molar refractivity (Wildman–Crippen MR) is 165 cm³/mol. The standard InChI is InChI=1S/C31H40N5O10/c1-30(2,3)36(29(44)46-8)12-18(37)33-16-11-17(34(4)5)14-9-13-10-15-22(35(6)7)25(40)21(28(32)43)27(42)31(15,45)26(41)19(13)24(39)20(14)23(16)38/h11,13,15,22,38,40-41,45H,8-10,12H2,1-7H3,(H2,32,43)(H,33,37)/t13-,15-,22-,31-/m0/s1. The van der Waals surface area contributed by atoms with Gasteiger partial charge in [-0.05, 0) is 65.3 Å². The molecule has 3 aliphatic rings. The van der Waals surface area contributed by atoms with Crippen LogP contribution < -0.4 is 16.0 Å². The largest absolute Gasteiger partial charge is 0.510 e. The molecule has 249 valence electrons. The second-order valence-corrected chi connectivity index (χ2v) is 13.2. The summed E-state index contributed by atoms with van der Waals surface area (Å²) in [6, 6.07) is 0.354. The van der Waals surface area contributed by atoms with E-state index in [1.807, 2.05) is 0 Å². The maximum absolute atomic E-state index is 14.2. The number of benzene rings is 1. The van der Waals surface area contributed by atoms with E-state index in [1.54, 1.807) is 53.9 Å². The van der Waals surface area contributed by atoms with Gasteiger partial charge in [-0.25, -0.2) is 4.79 Å². The lowest BCUT2D eigenvalue weighted by molar-refractivity contribution is -0.148. The number of nitrogens with zero attached hydrogens (tertiary/aromatic N) is 3. The van der Waals surface area contributed by atoms with Crippen LogP contribution in [-0.2, 0) is 25.5 Å². The zero-order valence-corrected chi connectivity index (χ0v) is 26.8. The summed E-state index contributed by atoms with van der Waals surface area (Å²) >= 11 is 0. The number of aromatic hydroxyl groups is 1. The number of nitrogens with two attached hydrogens (primary N) is 1. The minimum absolute atomic E-state index is 0.0664. The van der Waals surface area contributed by atoms with Crippen LogP contribution >= 0.6 is 0 Å². The second-order valence-electron chi connectivity index (χ2n) is 13.2. The molecule has 0 saturated carbocycles. The molecular weight excluding hydrogens is 602 g/mol. The molecule has 1 radical (unpaired) electrons. The van der Waals surface area contributed by atoms with Crippen molar-refractivity contribution in [3.05, 3.63) is 47.0 Å². The Kier molecular flexibility index (Phi) is 8.65. The van der Waals surface area contributed by atoms with Crippen molar-refractivity contribution in [1.29, 1.82) is 0 Å². The number of primary amides is 1. The first kappa shape index (κ1) is 34.2. The first-order chi connectivity index (χ1) is 21.2. The molecule has 7 N–H and O–H groups in total. The van der Waals surface area contributed by atoms with Crippen molar-refractivity contribution in [3.63, 3.8) is 0 Å². The molecule has 0 unspecified atom stereocenters. The van der Waals surface area contributed by atoms with Gasteiger partial charge in [0.2, 0.25) is 11.7 Å². The van der Waals surface area contributed by atoms with Crippen LogP contribution in [0.15, 0.2) is 28.7 Å². The van der Waals surface area contributed by atoms with E-state index in [1.165, 1.54) is 11.0 Å². The van der Waals surface area contributed by atoms with Crippen LogP contribution in [0.2, 0.25) is 0 Å². The second kappa shape index (κ2) is 11.6. The molecule has 0 bridgehead atoms. The Hall–Kier alpha value is -4.63. The monoisotopic (exact) mass is 642 g/mol. The summed E-state index contributed by atoms with van der Waals surface area (Å²) in [6.07, 6.45) is -0.861. The van der Waals surface area contributed by atoms with Crippen LogP contribution in [0.5, 0.6) is 5.75 Å². The van der Waals surface area contributed by atoms with E-state index < -0.39 is 87.9 Å². The average molecular weight is 643 g/mol. The zero-order chi connectivity index (χ0) is 34.8. The number of amides is 3. The molecule has 0 saturated heterocycles. The first-order valence-corrected chi connectivity index (χ1v) is 14.4. The third-order valence-corrected chi connectivity index (χ3v) is 8.91. The van der Waals surface area contributed by atoms with Gasteiger partial charge < -0.3 is 41.1 Å². The van der Waals surface area contributed by atoms with Crippen molar-refractivity contribution < 1.29 is 49.1 Å². The SMILES string of the molecule is [CH2]OC(=O)N(CC(=O)Nc1cc(N(C)C)c2c(c1O)C(=O)C1=C(O)[C@]3(O)C(=O)C(C(N)=O)=C(O)[C@@H](N(C)C)[C@@H]3C[C@@H]1C2)C(C)(C)C. The Balaban J connectivity index is 1.85. The molecule has 1 aromatic rings. The van der Waals surface area contributed by atoms with Gasteiger partial charge in [0.25, 0.3) is 5.91 Å². The highest BCUT2D eigenvalue weighted by Crippen LogP contribution is 2.54. The van der Waals surface area contributed by atoms with Crippen LogP contribution in [0.4, 0.5) is 16.2 Å². The number of phenols is 1. The van der Waals surface area contributed by atoms with E-state index in [-0.39, 0.29) is 29.7 Å². The predicted octanol–water partition coefficient (Wildman–Crippen LogP) is 1.15. The number of rotatable bonds is 6. The van der Waals surface area contributed by atoms with Crippen molar-refractivity contribution in [2.24, 2.45) is 17.6 Å². The molecule has 0 spiro atoms. The fourth-order valence-corrected chi connectivity index (χ4v) is 6.78. The van der Waals surface area contributed by atoms with Gasteiger partial charge in [0, 0.05) is 36.8 Å². The highest BCUT2D eigenvalue weighted by Gasteiger charge is 2.63. The number of carbonyl (C=O) groups excluding carboxylic acids is 5. The number of aliphatic hydroxyl groups excluding tert-OH is 2. The molecule has 3 amide bonds. The highest BCUT2D eigenvalue weighted by atomic mass is 16.5. The Morgan fingerprint density at radius 1 is 1.13 bits per heavy atom. The summed E-state index contributed by atoms with van der Waals surface area (Å²) < 4.78 is 4.55. The normalized spacial score (nSPS) is 24.3. The van der Waals surface area contributed by atoms with Crippen LogP contribution in [0, 0.1) is 18.9 Å². The van der Waals surface area contributed by atoms with Gasteiger partial charge in [-0.3, -0.25) is 29.0 Å². The maximum Gasteiger partial charge on any atom is 0.410 e. The minimum Gasteiger partial charge on any atom is -0.510 e. The summed E-state index contributed by atoms with van der Waals surface area (Å²) in [5, 5.41) is 48.2. The van der Waals surface area contributed by atoms with Crippen LogP contribution in [0.25, 0.3) is 0 Å². The quantitative estimate of drug-likeness (QED) is 0.190. The zero-order valence-electron chi connectivity index (χ0n) is 26.8. The van der Waals surface area contributed by atoms with Gasteiger partial charge in [0.05, 0.1) is 17.3 Å². The van der Waals surface area contributed by atoms with E-state index >= 15 is 0 Å². The number of aliphatic hydroxyl groups is 3. The number of likely N-dealkylation sites (N-methyl/N-ethyl adjacent to an activating group) is 1. The third-order valence-electron chi connectivity index (χ3n) is 8.91. The molecule has 15 nitrogen and oxygen atoms in total. The number of carbonyl (C=O) groups is 5. The van der Waals surface area contributed by atoms with Crippen LogP contribution in [-0.4, -0.2) is 112 Å². The molecule has 4 rings (SSSR count). The van der Waals surface area contributed by atoms with Gasteiger partial charge in [-0.1, -0.05) is 0 Å². The van der Waals surface area contributed by atoms with Crippen molar-refractivity contribution in [3.8, 4) is 5.75 Å². The molecule has 0 fully saturated rings. The smallest absolute Gasteiger partial charge is 0.410 e. The molecule has 0 heterocycles. The number of anilines is 2. The number of nitrogens with one attached hydrogen (secondary N) is 1. The summed E-state index contributed by atoms with van der Waals surface area (Å²) in [5.74, 6) is -8.51. The number of Topliss-reactive ketones (excluding diaryl/α,β-unsaturated/α-hetero) is 2. The molecule has 0 aliphatic heterocycles. The Morgan fingerprint density at radius 2 is 1.74 bits per heavy atom. The molecule has 4 atom stereocenters. The Bertz CT molecular complexity index is 1600. The number of hydrogen-bond acceptors (Lipinski definition) is 12. The summed E-state index contributed by atoms with van der Waals surface area (Å²) in [6.45, 7) is 4.55. The lowest BCUT2D eigenvalue weighted by atomic mass is 9.58. The molecular formula is C31H40N5O10. The number of hydrogen-bond donors (Lipinski definition) is 6. The third kappa shape index (κ3) is 5.22. The summed E-state index contributed by atoms with van der Waals surface area (Å²) in [5.41, 5.74) is 0.919. The fourth-order valence-electron chi connectivity index (χ4n) is 6.78. The van der Waals surface area contributed by atoms with Crippen LogP contribution in [0.3, 0.4) is 0 Å². The van der Waals surface area contributed by atoms with Gasteiger partial charge >= 0.3 is 6.09 Å². The van der Waals surface area contributed by atoms with Crippen molar-refractivity contribution in [1.82, 2.24) is 9.80 Å². The fraction of sp³-hybridized carbons (Fsp3) is 0.484. The molecule has 15 heteroatoms. The summed E-state index contributed by atoms with van der Waals surface area (Å²) in [7, 11) is 9.58. The van der Waals surface area contributed by atoms with Crippen molar-refractivity contribution >= 4 is 40.8 Å². The lowest BCUT2D eigenvalue weighted by Gasteiger charge is -2.50. The molecule has 0 aromatic heterocycles. The van der Waals surface area contributed by atoms with E-state index in [9.17, 15) is 44.4 Å². The minimum atomic E-state index is -2.78. The number of allylic oxidation sites excluding steroid dienone is 1. The van der Waals surface area contributed by atoms with E-state index in [2.05, 4.69) is 17.2 Å². The van der Waals surface area contributed by atoms with E-state index in [4.69, 9.17) is 5.73 Å². The van der Waals surface area contributed by atoms with E-state index in [0.29, 0.717) is 11.3 Å². The van der Waals surface area contributed by atoms with Gasteiger partial charge in [-0.2, -0.15) is 0 Å². The first-order valence-electron chi connectivity index (χ1n) is 14.4. The lowest BCUT2D eigenvalue weighted by Crippen LogP contribution is -2.63. The van der Waals surface area contributed by atoms with Crippen molar-refractivity contribution in [2.45, 2.75) is 50.8 Å². The van der Waals surface area contributed by atoms with Gasteiger partial charge in [-0.15, -0.1) is 0 Å². The number of ketones is 2. The molecule has 46 heavy (non-hydrogen) atoms. The average Bonchev–Trinajstić information content (AvgIpc) is 2.93. The Labute approximate surface area is 265 Å². The van der Waals surface area contributed by atoms with Crippen molar-refractivity contribution in [2.75, 3.05) is 45.0 Å². The number of fused-ring (bicyclic) bond motifs is 3. The van der Waals surface area contributed by atoms with Gasteiger partial charge in [0.1, 0.15) is 30.7 Å². The Morgan fingerprint density at radius 3 is 2.24 bits per heavy atom. The molecule has 3 aliphatic carbocycles. The maximum atomic E-state index is 14.2. The number of ether oxygens (including phenoxy) is 1. The topological polar surface area (TPSA) is 223 Å². The highest BCUT2D eigenvalue weighted by molar-refractivity contribution is 6.25. The summed E-state index contributed by atoms with van der Waals surface area (Å²) in [4.78, 5) is 69.5. The number of phenolic OH excluding ortho intramolecular Hbond substituents is 1. The van der Waals surface area contributed by atoms with E-state index in [0.717, 1.165) is 4.90 Å². The van der Waals surface area contributed by atoms with Crippen LogP contribution in [0.1, 0.15) is 43.1 Å². The van der Waals surface area contributed by atoms with Gasteiger partial charge in [0.15, 0.2) is 17.1 Å².